The van der Waals surface area contributed by atoms with E-state index in [1.165, 1.54) is 11.1 Å². The van der Waals surface area contributed by atoms with Gasteiger partial charge in [0.1, 0.15) is 5.83 Å². The Balaban J connectivity index is 1.46. The number of thiol groups is 1. The Morgan fingerprint density at radius 2 is 2.18 bits per heavy atom. The second kappa shape index (κ2) is 10.4. The summed E-state index contributed by atoms with van der Waals surface area (Å²) in [6.07, 6.45) is 18.4. The van der Waals surface area contributed by atoms with E-state index in [4.69, 9.17) is 9.47 Å². The molecule has 3 nitrogen and oxygen atoms in total. The fourth-order valence-corrected chi connectivity index (χ4v) is 5.91. The molecule has 4 rings (SSSR count). The van der Waals surface area contributed by atoms with Gasteiger partial charge in [0.15, 0.2) is 0 Å². The highest BCUT2D eigenvalue weighted by atomic mass is 32.1. The van der Waals surface area contributed by atoms with Crippen molar-refractivity contribution >= 4 is 12.6 Å². The number of rotatable bonds is 9. The van der Waals surface area contributed by atoms with Gasteiger partial charge >= 0.3 is 0 Å². The zero-order chi connectivity index (χ0) is 23.6. The Labute approximate surface area is 204 Å². The van der Waals surface area contributed by atoms with E-state index < -0.39 is 0 Å². The summed E-state index contributed by atoms with van der Waals surface area (Å²) in [7, 11) is 1.70. The number of fused-ring (bicyclic) bond motifs is 1. The summed E-state index contributed by atoms with van der Waals surface area (Å²) in [4.78, 5) is 1.06. The molecule has 180 valence electrons. The van der Waals surface area contributed by atoms with E-state index in [0.717, 1.165) is 48.3 Å². The quantitative estimate of drug-likeness (QED) is 0.294. The van der Waals surface area contributed by atoms with Crippen LogP contribution in [0.1, 0.15) is 52.9 Å². The van der Waals surface area contributed by atoms with Crippen molar-refractivity contribution in [2.45, 2.75) is 65.0 Å². The molecule has 0 saturated heterocycles. The van der Waals surface area contributed by atoms with Crippen molar-refractivity contribution in [3.05, 3.63) is 69.6 Å². The van der Waals surface area contributed by atoms with E-state index in [-0.39, 0.29) is 29.3 Å². The molecule has 33 heavy (non-hydrogen) atoms. The molecule has 0 aromatic rings. The van der Waals surface area contributed by atoms with Crippen molar-refractivity contribution < 1.29 is 13.9 Å². The lowest BCUT2D eigenvalue weighted by molar-refractivity contribution is 0.0130. The van der Waals surface area contributed by atoms with Crippen molar-refractivity contribution in [3.8, 4) is 0 Å². The first kappa shape index (κ1) is 24.6. The van der Waals surface area contributed by atoms with Gasteiger partial charge in [-0.15, -0.1) is 12.6 Å². The third-order valence-electron chi connectivity index (χ3n) is 7.55. The molecule has 0 aromatic heterocycles. The maximum atomic E-state index is 15.1. The molecule has 0 bridgehead atoms. The molecular formula is C28H38FNO2S. The van der Waals surface area contributed by atoms with Crippen LogP contribution in [-0.2, 0) is 9.47 Å². The Hall–Kier alpha value is -1.56. The van der Waals surface area contributed by atoms with Crippen LogP contribution in [0.4, 0.5) is 4.39 Å². The predicted molar refractivity (Wildman–Crippen MR) is 137 cm³/mol. The summed E-state index contributed by atoms with van der Waals surface area (Å²) in [5.74, 6) is 0.368. The number of nitrogens with one attached hydrogen (secondary N) is 1. The van der Waals surface area contributed by atoms with Gasteiger partial charge in [-0.05, 0) is 72.3 Å². The number of allylic oxidation sites excluding steroid dienone is 9. The molecule has 4 unspecified atom stereocenters. The predicted octanol–water partition coefficient (Wildman–Crippen LogP) is 6.59. The summed E-state index contributed by atoms with van der Waals surface area (Å²) in [5, 5.41) is 3.52. The van der Waals surface area contributed by atoms with Gasteiger partial charge in [0.2, 0.25) is 0 Å². The minimum Gasteiger partial charge on any atom is -0.382 e. The van der Waals surface area contributed by atoms with Crippen LogP contribution in [0.25, 0.3) is 0 Å². The standard InChI is InChI=1S/C28H38FNO2S/c1-5-6-22(33)16-25-18(2)15-24(29)27(30-25)26-23-12-9-20(17-28(23,26)3)19-7-10-21(11-8-19)32-14-13-31-4/h7,9,12,15-17,21,23,25-26,30,33H,5-6,8,10-11,13-14H2,1-4H3/b22-16+/t21?,23?,25?,26?,28-/m1/s1. The highest BCUT2D eigenvalue weighted by molar-refractivity contribution is 7.84. The van der Waals surface area contributed by atoms with Crippen LogP contribution in [0, 0.1) is 17.3 Å². The van der Waals surface area contributed by atoms with Gasteiger partial charge in [0.05, 0.1) is 31.1 Å². The summed E-state index contributed by atoms with van der Waals surface area (Å²) in [6.45, 7) is 7.69. The zero-order valence-electron chi connectivity index (χ0n) is 20.4. The first-order valence-corrected chi connectivity index (χ1v) is 12.8. The lowest BCUT2D eigenvalue weighted by atomic mass is 9.86. The van der Waals surface area contributed by atoms with Crippen LogP contribution in [-0.4, -0.2) is 32.5 Å². The van der Waals surface area contributed by atoms with Crippen LogP contribution < -0.4 is 5.32 Å². The van der Waals surface area contributed by atoms with Crippen LogP contribution in [0.2, 0.25) is 0 Å². The van der Waals surface area contributed by atoms with E-state index >= 15 is 4.39 Å². The van der Waals surface area contributed by atoms with Crippen molar-refractivity contribution in [2.75, 3.05) is 20.3 Å². The fourth-order valence-electron chi connectivity index (χ4n) is 5.53. The van der Waals surface area contributed by atoms with Crippen molar-refractivity contribution in [2.24, 2.45) is 17.3 Å². The number of methoxy groups -OCH3 is 1. The summed E-state index contributed by atoms with van der Waals surface area (Å²) in [6, 6.07) is 0.00771. The molecule has 1 N–H and O–H groups in total. The monoisotopic (exact) mass is 471 g/mol. The Kier molecular flexibility index (Phi) is 7.72. The lowest BCUT2D eigenvalue weighted by Gasteiger charge is -2.26. The van der Waals surface area contributed by atoms with E-state index in [0.29, 0.717) is 19.1 Å². The lowest BCUT2D eigenvalue weighted by Crippen LogP contribution is -2.33. The average molecular weight is 472 g/mol. The average Bonchev–Trinajstić information content (AvgIpc) is 3.40. The smallest absolute Gasteiger partial charge is 0.142 e. The molecule has 4 aliphatic rings. The molecule has 5 atom stereocenters. The van der Waals surface area contributed by atoms with Gasteiger partial charge in [0.25, 0.3) is 0 Å². The SMILES string of the molecule is CCC/C(S)=C\C1NC(C2C3C=CC(C4=CCC(OCCOC)CC4)=C[C@]32C)=C(F)C=C1C. The maximum Gasteiger partial charge on any atom is 0.142 e. The number of halogens is 1. The molecule has 1 heterocycles. The second-order valence-electron chi connectivity index (χ2n) is 10.00. The topological polar surface area (TPSA) is 30.5 Å². The Morgan fingerprint density at radius 3 is 2.88 bits per heavy atom. The van der Waals surface area contributed by atoms with Crippen molar-refractivity contribution in [1.29, 1.82) is 0 Å². The molecule has 0 amide bonds. The number of hydrogen-bond donors (Lipinski definition) is 2. The van der Waals surface area contributed by atoms with E-state index in [2.05, 4.69) is 62.2 Å². The third-order valence-corrected chi connectivity index (χ3v) is 7.92. The molecule has 1 fully saturated rings. The molecule has 3 aliphatic carbocycles. The highest BCUT2D eigenvalue weighted by Gasteiger charge is 2.62. The Morgan fingerprint density at radius 1 is 1.36 bits per heavy atom. The third kappa shape index (κ3) is 5.26. The second-order valence-corrected chi connectivity index (χ2v) is 10.6. The van der Waals surface area contributed by atoms with E-state index in [1.807, 2.05) is 6.92 Å². The first-order valence-electron chi connectivity index (χ1n) is 12.3. The normalized spacial score (nSPS) is 33.8. The molecule has 0 radical (unpaired) electrons. The zero-order valence-corrected chi connectivity index (χ0v) is 21.3. The molecule has 0 aromatic carbocycles. The Bertz CT molecular complexity index is 944. The first-order chi connectivity index (χ1) is 15.9. The van der Waals surface area contributed by atoms with Crippen molar-refractivity contribution in [3.63, 3.8) is 0 Å². The summed E-state index contributed by atoms with van der Waals surface area (Å²) in [5.41, 5.74) is 4.39. The van der Waals surface area contributed by atoms with Gasteiger partial charge in [-0.3, -0.25) is 0 Å². The number of hydrogen-bond acceptors (Lipinski definition) is 4. The van der Waals surface area contributed by atoms with Gasteiger partial charge in [-0.2, -0.15) is 0 Å². The molecule has 0 spiro atoms. The van der Waals surface area contributed by atoms with E-state index in [9.17, 15) is 0 Å². The van der Waals surface area contributed by atoms with Gasteiger partial charge in [0, 0.05) is 18.4 Å². The summed E-state index contributed by atoms with van der Waals surface area (Å²) >= 11 is 4.62. The van der Waals surface area contributed by atoms with Gasteiger partial charge in [-0.25, -0.2) is 4.39 Å². The summed E-state index contributed by atoms with van der Waals surface area (Å²) < 4.78 is 26.1. The number of dihydropyridines is 1. The van der Waals surface area contributed by atoms with Gasteiger partial charge in [-0.1, -0.05) is 44.6 Å². The highest BCUT2D eigenvalue weighted by Crippen LogP contribution is 2.66. The van der Waals surface area contributed by atoms with Crippen LogP contribution in [0.3, 0.4) is 0 Å². The minimum atomic E-state index is -0.120. The van der Waals surface area contributed by atoms with Gasteiger partial charge < -0.3 is 14.8 Å². The number of ether oxygens (including phenoxy) is 2. The molecular weight excluding hydrogens is 433 g/mol. The van der Waals surface area contributed by atoms with Crippen LogP contribution in [0.15, 0.2) is 69.6 Å². The van der Waals surface area contributed by atoms with Crippen LogP contribution >= 0.6 is 12.6 Å². The maximum absolute atomic E-state index is 15.1. The molecule has 1 saturated carbocycles. The van der Waals surface area contributed by atoms with E-state index in [1.54, 1.807) is 13.2 Å². The van der Waals surface area contributed by atoms with Crippen molar-refractivity contribution in [1.82, 2.24) is 5.32 Å². The fraction of sp³-hybridized carbons (Fsp3) is 0.571. The van der Waals surface area contributed by atoms with Crippen LogP contribution in [0.5, 0.6) is 0 Å². The molecule has 5 heteroatoms. The minimum absolute atomic E-state index is 0.00771. The largest absolute Gasteiger partial charge is 0.382 e. The molecule has 1 aliphatic heterocycles.